The maximum absolute atomic E-state index is 10.00. The highest BCUT2D eigenvalue weighted by molar-refractivity contribution is 4.93. The van der Waals surface area contributed by atoms with Crippen molar-refractivity contribution in [3.05, 3.63) is 0 Å². The minimum absolute atomic E-state index is 0.667. The van der Waals surface area contributed by atoms with Crippen LogP contribution in [-0.2, 0) is 14.2 Å². The van der Waals surface area contributed by atoms with Crippen molar-refractivity contribution in [2.45, 2.75) is 61.4 Å². The summed E-state index contributed by atoms with van der Waals surface area (Å²) in [6.07, 6.45) is -15.7. The van der Waals surface area contributed by atoms with Crippen LogP contribution in [0.5, 0.6) is 0 Å². The first kappa shape index (κ1) is 18.9. The zero-order valence-electron chi connectivity index (χ0n) is 12.0. The maximum Gasteiger partial charge on any atom is 0.187 e. The largest absolute Gasteiger partial charge is 0.394 e. The molecule has 2 fully saturated rings. The molecule has 0 bridgehead atoms. The van der Waals surface area contributed by atoms with Crippen LogP contribution in [0.25, 0.3) is 0 Å². The van der Waals surface area contributed by atoms with Crippen molar-refractivity contribution in [3.63, 3.8) is 0 Å². The van der Waals surface area contributed by atoms with Crippen molar-refractivity contribution < 1.29 is 55.1 Å². The molecule has 2 aliphatic heterocycles. The van der Waals surface area contributed by atoms with Gasteiger partial charge in [-0.3, -0.25) is 0 Å². The molecule has 8 N–H and O–H groups in total. The van der Waals surface area contributed by atoms with Gasteiger partial charge in [-0.2, -0.15) is 0 Å². The quantitative estimate of drug-likeness (QED) is 0.243. The van der Waals surface area contributed by atoms with Crippen LogP contribution in [0.1, 0.15) is 0 Å². The summed E-state index contributed by atoms with van der Waals surface area (Å²) in [6.45, 7) is -1.34. The fourth-order valence-corrected chi connectivity index (χ4v) is 2.56. The minimum atomic E-state index is -1.76. The van der Waals surface area contributed by atoms with E-state index in [0.29, 0.717) is 0 Å². The Morgan fingerprint density at radius 2 is 1.22 bits per heavy atom. The van der Waals surface area contributed by atoms with Crippen LogP contribution in [0.4, 0.5) is 0 Å². The highest BCUT2D eigenvalue weighted by Crippen LogP contribution is 2.28. The van der Waals surface area contributed by atoms with Gasteiger partial charge in [0.15, 0.2) is 12.6 Å². The van der Waals surface area contributed by atoms with Crippen LogP contribution in [0, 0.1) is 0 Å². The van der Waals surface area contributed by atoms with E-state index in [1.165, 1.54) is 0 Å². The monoisotopic (exact) mass is 342 g/mol. The molecule has 0 unspecified atom stereocenters. The van der Waals surface area contributed by atoms with Gasteiger partial charge in [0, 0.05) is 0 Å². The lowest BCUT2D eigenvalue weighted by Gasteiger charge is -2.45. The fourth-order valence-electron chi connectivity index (χ4n) is 2.56. The Bertz CT molecular complexity index is 380. The number of aliphatic hydroxyl groups is 8. The van der Waals surface area contributed by atoms with Crippen LogP contribution in [0.2, 0.25) is 0 Å². The SMILES string of the molecule is OC[C@@H]1O[C@H](O[C@H]2[C@H](O)[C@H](CO)O[C@H](O)[C@H]2O)[C@H](O)[C@@H](O)[C@@H]1O. The van der Waals surface area contributed by atoms with E-state index in [1.807, 2.05) is 0 Å². The average molecular weight is 342 g/mol. The molecule has 0 saturated carbocycles. The summed E-state index contributed by atoms with van der Waals surface area (Å²) >= 11 is 0. The lowest BCUT2D eigenvalue weighted by atomic mass is 9.97. The summed E-state index contributed by atoms with van der Waals surface area (Å²) in [4.78, 5) is 0. The molecule has 23 heavy (non-hydrogen) atoms. The third-order valence-corrected chi connectivity index (χ3v) is 3.98. The molecule has 2 aliphatic rings. The van der Waals surface area contributed by atoms with Gasteiger partial charge in [-0.15, -0.1) is 0 Å². The molecule has 0 aromatic rings. The average Bonchev–Trinajstić information content (AvgIpc) is 2.54. The first-order chi connectivity index (χ1) is 10.8. The van der Waals surface area contributed by atoms with Crippen LogP contribution < -0.4 is 0 Å². The number of ether oxygens (including phenoxy) is 3. The summed E-state index contributed by atoms with van der Waals surface area (Å²) in [7, 11) is 0. The Balaban J connectivity index is 2.11. The van der Waals surface area contributed by atoms with Crippen LogP contribution in [-0.4, -0.2) is 115 Å². The molecule has 2 saturated heterocycles. The fraction of sp³-hybridized carbons (Fsp3) is 1.00. The molecule has 0 radical (unpaired) electrons. The molecule has 0 aromatic heterocycles. The first-order valence-corrected chi connectivity index (χ1v) is 7.08. The number of hydrogen-bond acceptors (Lipinski definition) is 11. The van der Waals surface area contributed by atoms with E-state index in [1.54, 1.807) is 0 Å². The third kappa shape index (κ3) is 3.65. The maximum atomic E-state index is 10.00. The van der Waals surface area contributed by atoms with E-state index in [0.717, 1.165) is 0 Å². The normalized spacial score (nSPS) is 51.7. The van der Waals surface area contributed by atoms with E-state index in [2.05, 4.69) is 0 Å². The second-order valence-corrected chi connectivity index (χ2v) is 5.53. The molecule has 0 spiro atoms. The Morgan fingerprint density at radius 1 is 0.652 bits per heavy atom. The van der Waals surface area contributed by atoms with Crippen LogP contribution in [0.3, 0.4) is 0 Å². The third-order valence-electron chi connectivity index (χ3n) is 3.98. The topological polar surface area (TPSA) is 190 Å². The molecule has 11 heteroatoms. The molecule has 0 aromatic carbocycles. The van der Waals surface area contributed by atoms with Gasteiger partial charge in [0.25, 0.3) is 0 Å². The van der Waals surface area contributed by atoms with Gasteiger partial charge in [-0.05, 0) is 0 Å². The highest BCUT2D eigenvalue weighted by Gasteiger charge is 2.50. The van der Waals surface area contributed by atoms with Crippen molar-refractivity contribution in [1.82, 2.24) is 0 Å². The second kappa shape index (κ2) is 7.63. The van der Waals surface area contributed by atoms with Gasteiger partial charge < -0.3 is 55.1 Å². The van der Waals surface area contributed by atoms with Crippen LogP contribution >= 0.6 is 0 Å². The molecule has 2 heterocycles. The zero-order valence-corrected chi connectivity index (χ0v) is 12.0. The number of rotatable bonds is 4. The van der Waals surface area contributed by atoms with E-state index in [4.69, 9.17) is 24.4 Å². The molecule has 2 rings (SSSR count). The lowest BCUT2D eigenvalue weighted by Crippen LogP contribution is -2.64. The molecule has 10 atom stereocenters. The molecular formula is C12H22O11. The Labute approximate surface area is 130 Å². The van der Waals surface area contributed by atoms with Crippen molar-refractivity contribution in [2.75, 3.05) is 13.2 Å². The summed E-state index contributed by atoms with van der Waals surface area (Å²) in [6, 6.07) is 0. The van der Waals surface area contributed by atoms with E-state index < -0.39 is 74.6 Å². The summed E-state index contributed by atoms with van der Waals surface area (Å²) in [5, 5.41) is 76.8. The van der Waals surface area contributed by atoms with E-state index in [9.17, 15) is 30.6 Å². The first-order valence-electron chi connectivity index (χ1n) is 7.08. The van der Waals surface area contributed by atoms with Crippen LogP contribution in [0.15, 0.2) is 0 Å². The second-order valence-electron chi connectivity index (χ2n) is 5.53. The predicted octanol–water partition coefficient (Wildman–Crippen LogP) is -5.40. The Kier molecular flexibility index (Phi) is 6.27. The van der Waals surface area contributed by atoms with Gasteiger partial charge >= 0.3 is 0 Å². The van der Waals surface area contributed by atoms with Crippen molar-refractivity contribution in [3.8, 4) is 0 Å². The Morgan fingerprint density at radius 3 is 1.78 bits per heavy atom. The summed E-state index contributed by atoms with van der Waals surface area (Å²) < 4.78 is 15.1. The van der Waals surface area contributed by atoms with E-state index in [-0.39, 0.29) is 0 Å². The molecule has 136 valence electrons. The lowest BCUT2D eigenvalue weighted by molar-refractivity contribution is -0.355. The molecule has 0 amide bonds. The van der Waals surface area contributed by atoms with Gasteiger partial charge in [-0.25, -0.2) is 0 Å². The highest BCUT2D eigenvalue weighted by atomic mass is 16.7. The van der Waals surface area contributed by atoms with E-state index >= 15 is 0 Å². The number of aliphatic hydroxyl groups excluding tert-OH is 8. The van der Waals surface area contributed by atoms with Crippen molar-refractivity contribution >= 4 is 0 Å². The standard InChI is InChI=1S/C12H22O11/c13-1-3-5(15)7(17)8(18)12(22-3)23-10-6(16)4(2-14)21-11(20)9(10)19/h3-20H,1-2H2/t3-,4-,5+,6+,7-,8+,9-,10-,11-,12+/m0/s1. The molecule has 11 nitrogen and oxygen atoms in total. The summed E-state index contributed by atoms with van der Waals surface area (Å²) in [5.74, 6) is 0. The minimum Gasteiger partial charge on any atom is -0.394 e. The van der Waals surface area contributed by atoms with Crippen molar-refractivity contribution in [1.29, 1.82) is 0 Å². The smallest absolute Gasteiger partial charge is 0.187 e. The van der Waals surface area contributed by atoms with Gasteiger partial charge in [0.2, 0.25) is 0 Å². The Hall–Kier alpha value is -0.440. The molecular weight excluding hydrogens is 320 g/mol. The van der Waals surface area contributed by atoms with Gasteiger partial charge in [-0.1, -0.05) is 0 Å². The number of hydrogen-bond donors (Lipinski definition) is 8. The predicted molar refractivity (Wildman–Crippen MR) is 68.6 cm³/mol. The van der Waals surface area contributed by atoms with Gasteiger partial charge in [0.05, 0.1) is 13.2 Å². The summed E-state index contributed by atoms with van der Waals surface area (Å²) in [5.41, 5.74) is 0. The molecule has 0 aliphatic carbocycles. The zero-order chi connectivity index (χ0) is 17.3. The van der Waals surface area contributed by atoms with Gasteiger partial charge in [0.1, 0.15) is 48.8 Å². The van der Waals surface area contributed by atoms with Crippen molar-refractivity contribution in [2.24, 2.45) is 0 Å².